The van der Waals surface area contributed by atoms with Gasteiger partial charge in [0, 0.05) is 18.5 Å². The van der Waals surface area contributed by atoms with Gasteiger partial charge in [-0.3, -0.25) is 9.59 Å². The van der Waals surface area contributed by atoms with Crippen LogP contribution in [0.3, 0.4) is 0 Å². The number of hydrogen-bond donors (Lipinski definition) is 2. The van der Waals surface area contributed by atoms with Crippen LogP contribution in [-0.2, 0) is 9.47 Å². The average molecular weight is 414 g/mol. The molecule has 0 bridgehead atoms. The Bertz CT molecular complexity index is 938. The van der Waals surface area contributed by atoms with E-state index < -0.39 is 29.5 Å². The summed E-state index contributed by atoms with van der Waals surface area (Å²) in [6.45, 7) is 1.63. The van der Waals surface area contributed by atoms with E-state index in [4.69, 9.17) is 9.47 Å². The molecule has 0 saturated carbocycles. The van der Waals surface area contributed by atoms with Crippen LogP contribution in [0.1, 0.15) is 26.4 Å². The lowest BCUT2D eigenvalue weighted by atomic mass is 10.1. The van der Waals surface area contributed by atoms with E-state index in [1.165, 1.54) is 26.2 Å². The number of nitrogens with one attached hydrogen (secondary N) is 2. The van der Waals surface area contributed by atoms with E-state index in [9.17, 15) is 27.6 Å². The summed E-state index contributed by atoms with van der Waals surface area (Å²) in [5.74, 6) is -2.08. The number of aromatic amines is 1. The van der Waals surface area contributed by atoms with Crippen molar-refractivity contribution >= 4 is 17.6 Å². The van der Waals surface area contributed by atoms with Gasteiger partial charge < -0.3 is 24.5 Å². The molecule has 2 rings (SSSR count). The molecule has 29 heavy (non-hydrogen) atoms. The van der Waals surface area contributed by atoms with Crippen molar-refractivity contribution in [1.29, 1.82) is 0 Å². The topological polar surface area (TPSA) is 107 Å². The summed E-state index contributed by atoms with van der Waals surface area (Å²) >= 11 is 0. The number of rotatable bonds is 7. The lowest BCUT2D eigenvalue weighted by Crippen LogP contribution is -2.26. The number of halogens is 3. The normalized spacial score (nSPS) is 11.1. The number of methoxy groups -OCH3 is 1. The minimum atomic E-state index is -4.84. The van der Waals surface area contributed by atoms with Crippen LogP contribution in [0.25, 0.3) is 0 Å². The molecule has 0 aliphatic rings. The third kappa shape index (κ3) is 6.35. The van der Waals surface area contributed by atoms with Gasteiger partial charge in [-0.1, -0.05) is 0 Å². The first-order chi connectivity index (χ1) is 13.6. The molecule has 156 valence electrons. The second kappa shape index (κ2) is 9.24. The summed E-state index contributed by atoms with van der Waals surface area (Å²) in [6, 6.07) is 5.42. The van der Waals surface area contributed by atoms with Crippen LogP contribution in [0.5, 0.6) is 5.75 Å². The number of carbonyl (C=O) groups is 2. The molecule has 0 saturated heterocycles. The number of benzene rings is 1. The van der Waals surface area contributed by atoms with Gasteiger partial charge in [0.1, 0.15) is 17.9 Å². The number of aryl methyl sites for hydroxylation is 1. The molecule has 1 aromatic heterocycles. The fourth-order valence-corrected chi connectivity index (χ4v) is 2.24. The maximum atomic E-state index is 12.4. The van der Waals surface area contributed by atoms with Gasteiger partial charge in [-0.25, -0.2) is 4.79 Å². The van der Waals surface area contributed by atoms with Crippen LogP contribution in [0.15, 0.2) is 35.1 Å². The zero-order valence-electron chi connectivity index (χ0n) is 15.4. The SMILES string of the molecule is COCCOC(=O)c1cc(C(=O)Nc2ccc(OC(F)(F)F)cc2)c(=O)[nH]c1C. The maximum Gasteiger partial charge on any atom is 0.573 e. The van der Waals surface area contributed by atoms with Crippen molar-refractivity contribution < 1.29 is 37.0 Å². The molecule has 11 heteroatoms. The number of esters is 1. The molecule has 0 atom stereocenters. The predicted molar refractivity (Wildman–Crippen MR) is 95.0 cm³/mol. The molecular weight excluding hydrogens is 397 g/mol. The van der Waals surface area contributed by atoms with Gasteiger partial charge >= 0.3 is 12.3 Å². The number of amides is 1. The Morgan fingerprint density at radius 1 is 1.10 bits per heavy atom. The summed E-state index contributed by atoms with van der Waals surface area (Å²) in [7, 11) is 1.43. The monoisotopic (exact) mass is 414 g/mol. The Kier molecular flexibility index (Phi) is 6.99. The highest BCUT2D eigenvalue weighted by molar-refractivity contribution is 6.05. The van der Waals surface area contributed by atoms with E-state index in [1.807, 2.05) is 0 Å². The van der Waals surface area contributed by atoms with Gasteiger partial charge in [0.05, 0.1) is 12.2 Å². The van der Waals surface area contributed by atoms with E-state index in [0.29, 0.717) is 0 Å². The van der Waals surface area contributed by atoms with Gasteiger partial charge in [0.25, 0.3) is 11.5 Å². The Balaban J connectivity index is 2.17. The first-order valence-corrected chi connectivity index (χ1v) is 8.18. The fourth-order valence-electron chi connectivity index (χ4n) is 2.24. The van der Waals surface area contributed by atoms with E-state index in [-0.39, 0.29) is 35.7 Å². The average Bonchev–Trinajstić information content (AvgIpc) is 2.62. The predicted octanol–water partition coefficient (Wildman–Crippen LogP) is 2.64. The van der Waals surface area contributed by atoms with Crippen LogP contribution in [0.4, 0.5) is 18.9 Å². The molecule has 0 spiro atoms. The standard InChI is InChI=1S/C18H17F3N2O6/c1-10-13(17(26)28-8-7-27-2)9-14(15(24)22-10)16(25)23-11-3-5-12(6-4-11)29-18(19,20)21/h3-6,9H,7-8H2,1-2H3,(H,22,24)(H,23,25). The van der Waals surface area contributed by atoms with E-state index in [2.05, 4.69) is 15.0 Å². The van der Waals surface area contributed by atoms with Crippen molar-refractivity contribution in [1.82, 2.24) is 4.98 Å². The maximum absolute atomic E-state index is 12.4. The van der Waals surface area contributed by atoms with Crippen molar-refractivity contribution in [3.8, 4) is 5.75 Å². The quantitative estimate of drug-likeness (QED) is 0.533. The van der Waals surface area contributed by atoms with Gasteiger partial charge in [-0.15, -0.1) is 13.2 Å². The van der Waals surface area contributed by atoms with Crippen LogP contribution >= 0.6 is 0 Å². The molecule has 1 heterocycles. The van der Waals surface area contributed by atoms with Crippen LogP contribution in [0.2, 0.25) is 0 Å². The van der Waals surface area contributed by atoms with Gasteiger partial charge in [-0.05, 0) is 37.3 Å². The first kappa shape index (κ1) is 22.0. The van der Waals surface area contributed by atoms with Crippen molar-refractivity contribution in [2.24, 2.45) is 0 Å². The molecule has 0 fully saturated rings. The number of ether oxygens (including phenoxy) is 3. The number of anilines is 1. The van der Waals surface area contributed by atoms with Crippen molar-refractivity contribution in [3.63, 3.8) is 0 Å². The molecule has 1 aromatic carbocycles. The second-order valence-electron chi connectivity index (χ2n) is 5.71. The third-order valence-electron chi connectivity index (χ3n) is 3.57. The minimum absolute atomic E-state index is 0.0121. The van der Waals surface area contributed by atoms with Gasteiger partial charge in [0.15, 0.2) is 0 Å². The second-order valence-corrected chi connectivity index (χ2v) is 5.71. The molecule has 1 amide bonds. The summed E-state index contributed by atoms with van der Waals surface area (Å²) in [6.07, 6.45) is -4.84. The van der Waals surface area contributed by atoms with Gasteiger partial charge in [-0.2, -0.15) is 0 Å². The first-order valence-electron chi connectivity index (χ1n) is 8.18. The number of H-pyrrole nitrogens is 1. The van der Waals surface area contributed by atoms with E-state index >= 15 is 0 Å². The minimum Gasteiger partial charge on any atom is -0.460 e. The summed E-state index contributed by atoms with van der Waals surface area (Å²) < 4.78 is 50.0. The van der Waals surface area contributed by atoms with Gasteiger partial charge in [0.2, 0.25) is 0 Å². The highest BCUT2D eigenvalue weighted by atomic mass is 19.4. The molecule has 0 unspecified atom stereocenters. The molecule has 0 aliphatic carbocycles. The number of carbonyl (C=O) groups excluding carboxylic acids is 2. The number of hydrogen-bond acceptors (Lipinski definition) is 6. The van der Waals surface area contributed by atoms with Crippen molar-refractivity contribution in [2.45, 2.75) is 13.3 Å². The number of aromatic nitrogens is 1. The number of alkyl halides is 3. The third-order valence-corrected chi connectivity index (χ3v) is 3.57. The highest BCUT2D eigenvalue weighted by Gasteiger charge is 2.31. The highest BCUT2D eigenvalue weighted by Crippen LogP contribution is 2.24. The van der Waals surface area contributed by atoms with Crippen molar-refractivity contribution in [3.05, 3.63) is 57.5 Å². The Hall–Kier alpha value is -3.34. The zero-order valence-corrected chi connectivity index (χ0v) is 15.4. The molecular formula is C18H17F3N2O6. The van der Waals surface area contributed by atoms with Crippen LogP contribution in [0, 0.1) is 6.92 Å². The molecule has 0 aliphatic heterocycles. The largest absolute Gasteiger partial charge is 0.573 e. The Labute approximate surface area is 162 Å². The Morgan fingerprint density at radius 2 is 1.76 bits per heavy atom. The fraction of sp³-hybridized carbons (Fsp3) is 0.278. The summed E-state index contributed by atoms with van der Waals surface area (Å²) in [5.41, 5.74) is -0.800. The van der Waals surface area contributed by atoms with E-state index in [0.717, 1.165) is 18.2 Å². The summed E-state index contributed by atoms with van der Waals surface area (Å²) in [4.78, 5) is 39.0. The number of pyridine rings is 1. The molecule has 2 N–H and O–H groups in total. The smallest absolute Gasteiger partial charge is 0.460 e. The van der Waals surface area contributed by atoms with E-state index in [1.54, 1.807) is 0 Å². The van der Waals surface area contributed by atoms with Crippen LogP contribution < -0.4 is 15.6 Å². The molecule has 8 nitrogen and oxygen atoms in total. The summed E-state index contributed by atoms with van der Waals surface area (Å²) in [5, 5.41) is 2.36. The molecule has 0 radical (unpaired) electrons. The zero-order chi connectivity index (χ0) is 21.6. The van der Waals surface area contributed by atoms with Crippen molar-refractivity contribution in [2.75, 3.05) is 25.6 Å². The molecule has 2 aromatic rings. The lowest BCUT2D eigenvalue weighted by molar-refractivity contribution is -0.274. The lowest BCUT2D eigenvalue weighted by Gasteiger charge is -2.11. The van der Waals surface area contributed by atoms with Crippen LogP contribution in [-0.4, -0.2) is 43.5 Å². The Morgan fingerprint density at radius 3 is 2.34 bits per heavy atom.